The van der Waals surface area contributed by atoms with E-state index in [2.05, 4.69) is 10.1 Å². The molecule has 1 amide bonds. The average molecular weight is 436 g/mol. The first-order valence-electron chi connectivity index (χ1n) is 9.84. The second kappa shape index (κ2) is 8.09. The number of hydrogen-bond donors (Lipinski definition) is 0. The van der Waals surface area contributed by atoms with Crippen LogP contribution in [-0.2, 0) is 24.1 Å². The summed E-state index contributed by atoms with van der Waals surface area (Å²) in [6, 6.07) is 7.72. The molecule has 0 radical (unpaired) electrons. The first kappa shape index (κ1) is 21.0. The quantitative estimate of drug-likeness (QED) is 0.596. The summed E-state index contributed by atoms with van der Waals surface area (Å²) in [5.41, 5.74) is 1.89. The summed E-state index contributed by atoms with van der Waals surface area (Å²) in [5.74, 6) is 0.144. The Kier molecular flexibility index (Phi) is 5.65. The van der Waals surface area contributed by atoms with E-state index in [1.54, 1.807) is 7.11 Å². The highest BCUT2D eigenvalue weighted by molar-refractivity contribution is 7.93. The molecule has 2 aromatic rings. The van der Waals surface area contributed by atoms with Gasteiger partial charge in [0.25, 0.3) is 0 Å². The third-order valence-corrected chi connectivity index (χ3v) is 8.43. The molecule has 1 atom stereocenters. The Hall–Kier alpha value is -2.30. The van der Waals surface area contributed by atoms with Gasteiger partial charge < -0.3 is 18.9 Å². The number of sulfone groups is 1. The van der Waals surface area contributed by atoms with E-state index in [9.17, 15) is 13.2 Å². The molecule has 2 aliphatic heterocycles. The van der Waals surface area contributed by atoms with Crippen molar-refractivity contribution in [2.45, 2.75) is 24.0 Å². The second-order valence-electron chi connectivity index (χ2n) is 7.85. The zero-order chi connectivity index (χ0) is 21.4. The molecule has 1 spiro atoms. The molecule has 162 valence electrons. The Balaban J connectivity index is 1.49. The van der Waals surface area contributed by atoms with Gasteiger partial charge in [-0.3, -0.25) is 4.79 Å². The van der Waals surface area contributed by atoms with E-state index in [1.807, 2.05) is 31.2 Å². The van der Waals surface area contributed by atoms with E-state index in [0.29, 0.717) is 31.3 Å². The lowest BCUT2D eigenvalue weighted by molar-refractivity contribution is -0.142. The van der Waals surface area contributed by atoms with Gasteiger partial charge in [0.2, 0.25) is 17.6 Å². The molecule has 2 fully saturated rings. The molecule has 3 heterocycles. The summed E-state index contributed by atoms with van der Waals surface area (Å²) in [4.78, 5) is 18.3. The first-order chi connectivity index (χ1) is 14.4. The predicted octanol–water partition coefficient (Wildman–Crippen LogP) is 1.19. The maximum atomic E-state index is 12.9. The first-order valence-corrected chi connectivity index (χ1v) is 11.5. The fourth-order valence-corrected chi connectivity index (χ4v) is 6.48. The molecule has 1 aromatic carbocycles. The van der Waals surface area contributed by atoms with Crippen molar-refractivity contribution in [3.05, 3.63) is 35.7 Å². The van der Waals surface area contributed by atoms with Crippen molar-refractivity contribution >= 4 is 15.7 Å². The summed E-state index contributed by atoms with van der Waals surface area (Å²) in [6.45, 7) is 2.83. The molecule has 30 heavy (non-hydrogen) atoms. The van der Waals surface area contributed by atoms with Crippen LogP contribution in [-0.4, -0.2) is 79.9 Å². The standard InChI is InChI=1S/C20H25N3O6S/c1-14-4-3-5-15(10-14)18-21-19(29-22-18)16-6-9-30(25,26)20(16)12-23(13-20)17(24)11-28-8-7-27-2/h3-5,10,16H,6-9,11-13H2,1-2H3. The zero-order valence-corrected chi connectivity index (χ0v) is 17.9. The maximum absolute atomic E-state index is 12.9. The highest BCUT2D eigenvalue weighted by Crippen LogP contribution is 2.49. The van der Waals surface area contributed by atoms with Crippen molar-refractivity contribution in [2.24, 2.45) is 0 Å². The van der Waals surface area contributed by atoms with E-state index >= 15 is 0 Å². The van der Waals surface area contributed by atoms with Crippen molar-refractivity contribution in [2.75, 3.05) is 45.8 Å². The number of likely N-dealkylation sites (tertiary alicyclic amines) is 1. The van der Waals surface area contributed by atoms with Crippen LogP contribution in [0.5, 0.6) is 0 Å². The van der Waals surface area contributed by atoms with Gasteiger partial charge in [0.15, 0.2) is 9.84 Å². The lowest BCUT2D eigenvalue weighted by atomic mass is 9.83. The van der Waals surface area contributed by atoms with Crippen LogP contribution in [0.2, 0.25) is 0 Å². The number of carbonyl (C=O) groups is 1. The number of benzene rings is 1. The van der Waals surface area contributed by atoms with E-state index in [0.717, 1.165) is 11.1 Å². The zero-order valence-electron chi connectivity index (χ0n) is 17.0. The van der Waals surface area contributed by atoms with Crippen LogP contribution in [0, 0.1) is 6.92 Å². The summed E-state index contributed by atoms with van der Waals surface area (Å²) in [7, 11) is -1.83. The van der Waals surface area contributed by atoms with Crippen LogP contribution in [0.4, 0.5) is 0 Å². The van der Waals surface area contributed by atoms with Crippen molar-refractivity contribution in [1.29, 1.82) is 0 Å². The highest BCUT2D eigenvalue weighted by Gasteiger charge is 2.64. The molecule has 0 bridgehead atoms. The Morgan fingerprint density at radius 1 is 1.33 bits per heavy atom. The molecule has 0 N–H and O–H groups in total. The molecule has 4 rings (SSSR count). The number of methoxy groups -OCH3 is 1. The number of ether oxygens (including phenoxy) is 2. The number of aromatic nitrogens is 2. The topological polar surface area (TPSA) is 112 Å². The van der Waals surface area contributed by atoms with E-state index in [1.165, 1.54) is 4.90 Å². The van der Waals surface area contributed by atoms with Gasteiger partial charge in [0, 0.05) is 25.8 Å². The van der Waals surface area contributed by atoms with Crippen molar-refractivity contribution in [1.82, 2.24) is 15.0 Å². The van der Waals surface area contributed by atoms with Gasteiger partial charge in [-0.2, -0.15) is 4.98 Å². The lowest BCUT2D eigenvalue weighted by Gasteiger charge is -2.48. The van der Waals surface area contributed by atoms with E-state index in [-0.39, 0.29) is 31.4 Å². The van der Waals surface area contributed by atoms with Crippen molar-refractivity contribution in [3.8, 4) is 11.4 Å². The molecule has 10 heteroatoms. The molecule has 1 aromatic heterocycles. The summed E-state index contributed by atoms with van der Waals surface area (Å²) < 4.78 is 40.3. The number of carbonyl (C=O) groups excluding carboxylic acids is 1. The highest BCUT2D eigenvalue weighted by atomic mass is 32.2. The Morgan fingerprint density at radius 3 is 2.87 bits per heavy atom. The minimum absolute atomic E-state index is 0.0478. The summed E-state index contributed by atoms with van der Waals surface area (Å²) >= 11 is 0. The van der Waals surface area contributed by atoms with E-state index < -0.39 is 20.5 Å². The average Bonchev–Trinajstić information content (AvgIpc) is 3.26. The smallest absolute Gasteiger partial charge is 0.248 e. The van der Waals surface area contributed by atoms with Gasteiger partial charge in [-0.25, -0.2) is 8.42 Å². The molecular formula is C20H25N3O6S. The van der Waals surface area contributed by atoms with Crippen LogP contribution in [0.25, 0.3) is 11.4 Å². The Morgan fingerprint density at radius 2 is 2.13 bits per heavy atom. The van der Waals surface area contributed by atoms with Gasteiger partial charge in [-0.15, -0.1) is 0 Å². The predicted molar refractivity (Wildman–Crippen MR) is 108 cm³/mol. The van der Waals surface area contributed by atoms with Crippen molar-refractivity contribution in [3.63, 3.8) is 0 Å². The molecule has 0 saturated carbocycles. The fourth-order valence-electron chi connectivity index (χ4n) is 4.17. The second-order valence-corrected chi connectivity index (χ2v) is 10.3. The number of amides is 1. The fraction of sp³-hybridized carbons (Fsp3) is 0.550. The third kappa shape index (κ3) is 3.63. The van der Waals surface area contributed by atoms with Crippen LogP contribution in [0.15, 0.2) is 28.8 Å². The van der Waals surface area contributed by atoms with Crippen LogP contribution in [0.1, 0.15) is 23.8 Å². The number of aryl methyl sites for hydroxylation is 1. The van der Waals surface area contributed by atoms with Gasteiger partial charge in [-0.05, 0) is 19.4 Å². The minimum Gasteiger partial charge on any atom is -0.382 e. The normalized spacial score (nSPS) is 21.7. The van der Waals surface area contributed by atoms with Gasteiger partial charge in [0.05, 0.1) is 24.9 Å². The Labute approximate surface area is 175 Å². The number of nitrogens with zero attached hydrogens (tertiary/aromatic N) is 3. The monoisotopic (exact) mass is 435 g/mol. The largest absolute Gasteiger partial charge is 0.382 e. The number of hydrogen-bond acceptors (Lipinski definition) is 8. The van der Waals surface area contributed by atoms with Gasteiger partial charge in [-0.1, -0.05) is 28.9 Å². The molecular weight excluding hydrogens is 410 g/mol. The van der Waals surface area contributed by atoms with Crippen LogP contribution >= 0.6 is 0 Å². The maximum Gasteiger partial charge on any atom is 0.248 e. The summed E-state index contributed by atoms with van der Waals surface area (Å²) in [5, 5.41) is 4.06. The Bertz CT molecular complexity index is 1030. The number of rotatable bonds is 7. The third-order valence-electron chi connectivity index (χ3n) is 5.87. The molecule has 2 saturated heterocycles. The van der Waals surface area contributed by atoms with Gasteiger partial charge in [0.1, 0.15) is 11.4 Å². The van der Waals surface area contributed by atoms with Gasteiger partial charge >= 0.3 is 0 Å². The van der Waals surface area contributed by atoms with E-state index in [4.69, 9.17) is 14.0 Å². The van der Waals surface area contributed by atoms with Crippen LogP contribution < -0.4 is 0 Å². The van der Waals surface area contributed by atoms with Crippen LogP contribution in [0.3, 0.4) is 0 Å². The van der Waals surface area contributed by atoms with Crippen molar-refractivity contribution < 1.29 is 27.2 Å². The molecule has 1 unspecified atom stereocenters. The molecule has 0 aliphatic carbocycles. The SMILES string of the molecule is COCCOCC(=O)N1CC2(C1)C(c1nc(-c3cccc(C)c3)no1)CCS2(=O)=O. The molecule has 2 aliphatic rings. The summed E-state index contributed by atoms with van der Waals surface area (Å²) in [6.07, 6.45) is 0.407. The lowest BCUT2D eigenvalue weighted by Crippen LogP contribution is -2.68. The minimum atomic E-state index is -3.39. The molecule has 9 nitrogen and oxygen atoms in total.